The molecule has 0 saturated carbocycles. The van der Waals surface area contributed by atoms with Crippen molar-refractivity contribution in [3.8, 4) is 0 Å². The van der Waals surface area contributed by atoms with Crippen molar-refractivity contribution in [3.63, 3.8) is 0 Å². The van der Waals surface area contributed by atoms with Crippen molar-refractivity contribution in [1.29, 1.82) is 0 Å². The van der Waals surface area contributed by atoms with E-state index in [0.29, 0.717) is 23.0 Å². The predicted octanol–water partition coefficient (Wildman–Crippen LogP) is 0.274. The van der Waals surface area contributed by atoms with E-state index in [4.69, 9.17) is 10.5 Å². The first kappa shape index (κ1) is 12.0. The molecule has 2 rings (SSSR count). The van der Waals surface area contributed by atoms with Crippen molar-refractivity contribution in [2.24, 2.45) is 5.73 Å². The molecular weight excluding hydrogens is 248 g/mol. The summed E-state index contributed by atoms with van der Waals surface area (Å²) in [5, 5.41) is 1.74. The molecule has 1 unspecified atom stereocenters. The van der Waals surface area contributed by atoms with Crippen LogP contribution in [0.5, 0.6) is 0 Å². The standard InChI is InChI=1S/C9H14N2O3S2/c10-5-8-9(2-4-15-8)16(12,13)11-7-1-3-14-6-7/h2,4,7,11H,1,3,5-6,10H2. The minimum absolute atomic E-state index is 0.115. The first-order valence-electron chi connectivity index (χ1n) is 5.00. The molecule has 1 atom stereocenters. The molecule has 0 amide bonds. The fourth-order valence-corrected chi connectivity index (χ4v) is 4.22. The molecule has 5 nitrogen and oxygen atoms in total. The van der Waals surface area contributed by atoms with Gasteiger partial charge in [-0.05, 0) is 17.9 Å². The second kappa shape index (κ2) is 4.80. The summed E-state index contributed by atoms with van der Waals surface area (Å²) >= 11 is 1.36. The molecule has 1 aliphatic heterocycles. The summed E-state index contributed by atoms with van der Waals surface area (Å²) in [6.07, 6.45) is 0.724. The third-order valence-electron chi connectivity index (χ3n) is 2.43. The highest BCUT2D eigenvalue weighted by Gasteiger charge is 2.25. The van der Waals surface area contributed by atoms with Crippen LogP contribution in [0.3, 0.4) is 0 Å². The van der Waals surface area contributed by atoms with Gasteiger partial charge in [0.1, 0.15) is 0 Å². The minimum atomic E-state index is -3.44. The Balaban J connectivity index is 2.18. The Morgan fingerprint density at radius 3 is 3.06 bits per heavy atom. The van der Waals surface area contributed by atoms with E-state index in [9.17, 15) is 8.42 Å². The van der Waals surface area contributed by atoms with Crippen molar-refractivity contribution in [2.45, 2.75) is 23.9 Å². The molecular formula is C9H14N2O3S2. The first-order chi connectivity index (χ1) is 7.63. The van der Waals surface area contributed by atoms with Crippen LogP contribution in [-0.2, 0) is 21.3 Å². The van der Waals surface area contributed by atoms with Crippen molar-refractivity contribution in [2.75, 3.05) is 13.2 Å². The molecule has 0 spiro atoms. The predicted molar refractivity (Wildman–Crippen MR) is 61.8 cm³/mol. The summed E-state index contributed by atoms with van der Waals surface area (Å²) in [7, 11) is -3.44. The number of ether oxygens (including phenoxy) is 1. The molecule has 7 heteroatoms. The molecule has 3 N–H and O–H groups in total. The Bertz CT molecular complexity index is 449. The second-order valence-electron chi connectivity index (χ2n) is 3.59. The topological polar surface area (TPSA) is 81.4 Å². The van der Waals surface area contributed by atoms with Gasteiger partial charge in [-0.3, -0.25) is 0 Å². The number of hydrogen-bond donors (Lipinski definition) is 2. The number of hydrogen-bond acceptors (Lipinski definition) is 5. The second-order valence-corrected chi connectivity index (χ2v) is 6.28. The van der Waals surface area contributed by atoms with Crippen LogP contribution >= 0.6 is 11.3 Å². The van der Waals surface area contributed by atoms with Gasteiger partial charge in [0.2, 0.25) is 10.0 Å². The zero-order valence-electron chi connectivity index (χ0n) is 8.68. The maximum absolute atomic E-state index is 12.0. The van der Waals surface area contributed by atoms with E-state index >= 15 is 0 Å². The average Bonchev–Trinajstić information content (AvgIpc) is 2.85. The summed E-state index contributed by atoms with van der Waals surface area (Å²) in [5.41, 5.74) is 5.49. The number of sulfonamides is 1. The highest BCUT2D eigenvalue weighted by Crippen LogP contribution is 2.22. The number of thiophene rings is 1. The van der Waals surface area contributed by atoms with Crippen LogP contribution in [0.4, 0.5) is 0 Å². The highest BCUT2D eigenvalue weighted by molar-refractivity contribution is 7.89. The van der Waals surface area contributed by atoms with Gasteiger partial charge in [0.15, 0.2) is 0 Å². The lowest BCUT2D eigenvalue weighted by molar-refractivity contribution is 0.192. The van der Waals surface area contributed by atoms with Gasteiger partial charge in [0, 0.05) is 24.1 Å². The van der Waals surface area contributed by atoms with Crippen LogP contribution in [0.15, 0.2) is 16.3 Å². The summed E-state index contributed by atoms with van der Waals surface area (Å²) < 4.78 is 31.8. The molecule has 0 radical (unpaired) electrons. The highest BCUT2D eigenvalue weighted by atomic mass is 32.2. The summed E-state index contributed by atoms with van der Waals surface area (Å²) in [6.45, 7) is 1.30. The number of nitrogens with two attached hydrogens (primary N) is 1. The van der Waals surface area contributed by atoms with E-state index < -0.39 is 10.0 Å². The largest absolute Gasteiger partial charge is 0.380 e. The van der Waals surface area contributed by atoms with Crippen LogP contribution in [0, 0.1) is 0 Å². The van der Waals surface area contributed by atoms with Gasteiger partial charge in [0.05, 0.1) is 11.5 Å². The molecule has 1 aromatic heterocycles. The van der Waals surface area contributed by atoms with E-state index in [2.05, 4.69) is 4.72 Å². The maximum Gasteiger partial charge on any atom is 0.242 e. The van der Waals surface area contributed by atoms with Crippen molar-refractivity contribution < 1.29 is 13.2 Å². The molecule has 2 heterocycles. The van der Waals surface area contributed by atoms with Gasteiger partial charge in [-0.2, -0.15) is 0 Å². The van der Waals surface area contributed by atoms with Gasteiger partial charge in [0.25, 0.3) is 0 Å². The molecule has 90 valence electrons. The average molecular weight is 262 g/mol. The van der Waals surface area contributed by atoms with E-state index in [1.54, 1.807) is 11.4 Å². The zero-order valence-corrected chi connectivity index (χ0v) is 10.3. The lowest BCUT2D eigenvalue weighted by Gasteiger charge is -2.11. The van der Waals surface area contributed by atoms with Gasteiger partial charge in [-0.15, -0.1) is 11.3 Å². The Hall–Kier alpha value is -0.470. The molecule has 0 aromatic carbocycles. The molecule has 16 heavy (non-hydrogen) atoms. The minimum Gasteiger partial charge on any atom is -0.380 e. The zero-order chi connectivity index (χ0) is 11.6. The van der Waals surface area contributed by atoms with Gasteiger partial charge >= 0.3 is 0 Å². The molecule has 1 saturated heterocycles. The molecule has 1 fully saturated rings. The van der Waals surface area contributed by atoms with Gasteiger partial charge in [-0.1, -0.05) is 0 Å². The fourth-order valence-electron chi connectivity index (χ4n) is 1.63. The maximum atomic E-state index is 12.0. The van der Waals surface area contributed by atoms with E-state index in [0.717, 1.165) is 6.42 Å². The van der Waals surface area contributed by atoms with Crippen molar-refractivity contribution in [3.05, 3.63) is 16.3 Å². The molecule has 0 aliphatic carbocycles. The summed E-state index contributed by atoms with van der Waals surface area (Å²) in [4.78, 5) is 0.985. The van der Waals surface area contributed by atoms with E-state index in [1.807, 2.05) is 0 Å². The van der Waals surface area contributed by atoms with Crippen molar-refractivity contribution >= 4 is 21.4 Å². The van der Waals surface area contributed by atoms with Gasteiger partial charge in [-0.25, -0.2) is 13.1 Å². The van der Waals surface area contributed by atoms with Crippen LogP contribution in [0.1, 0.15) is 11.3 Å². The van der Waals surface area contributed by atoms with Crippen LogP contribution in [-0.4, -0.2) is 27.7 Å². The Morgan fingerprint density at radius 2 is 2.44 bits per heavy atom. The Kier molecular flexibility index (Phi) is 3.60. The molecule has 0 bridgehead atoms. The third-order valence-corrected chi connectivity index (χ3v) is 5.11. The summed E-state index contributed by atoms with van der Waals surface area (Å²) in [5.74, 6) is 0. The summed E-state index contributed by atoms with van der Waals surface area (Å²) in [6, 6.07) is 1.47. The normalized spacial score (nSPS) is 21.4. The van der Waals surface area contributed by atoms with Gasteiger partial charge < -0.3 is 10.5 Å². The lowest BCUT2D eigenvalue weighted by Crippen LogP contribution is -2.35. The number of rotatable bonds is 4. The van der Waals surface area contributed by atoms with E-state index in [1.165, 1.54) is 11.3 Å². The molecule has 1 aromatic rings. The monoisotopic (exact) mass is 262 g/mol. The fraction of sp³-hybridized carbons (Fsp3) is 0.556. The SMILES string of the molecule is NCc1sccc1S(=O)(=O)NC1CCOC1. The first-order valence-corrected chi connectivity index (χ1v) is 7.36. The smallest absolute Gasteiger partial charge is 0.242 e. The third kappa shape index (κ3) is 2.44. The quantitative estimate of drug-likeness (QED) is 0.816. The van der Waals surface area contributed by atoms with Crippen molar-refractivity contribution in [1.82, 2.24) is 4.72 Å². The van der Waals surface area contributed by atoms with E-state index in [-0.39, 0.29) is 12.6 Å². The lowest BCUT2D eigenvalue weighted by atomic mass is 10.3. The Labute approximate surface area is 98.7 Å². The van der Waals surface area contributed by atoms with Crippen LogP contribution in [0.2, 0.25) is 0 Å². The molecule has 1 aliphatic rings. The van der Waals surface area contributed by atoms with Crippen LogP contribution < -0.4 is 10.5 Å². The number of nitrogens with one attached hydrogen (secondary N) is 1. The Morgan fingerprint density at radius 1 is 1.62 bits per heavy atom. The van der Waals surface area contributed by atoms with Crippen LogP contribution in [0.25, 0.3) is 0 Å².